The van der Waals surface area contributed by atoms with Crippen LogP contribution in [0.5, 0.6) is 0 Å². The molecule has 0 spiro atoms. The highest BCUT2D eigenvalue weighted by Gasteiger charge is 2.59. The lowest BCUT2D eigenvalue weighted by molar-refractivity contribution is -0.0967. The standard InChI is InChI=1S/C28H48O3/c1-16(2)17(3)25(30)26(31)18(4)22-9-10-23-21-8-7-19-15-20(29)11-13-27(19,5)24(21)12-14-28(22,23)6/h7,16-18,20-26,29-31H,8-15H2,1-6H3/t17-,18+,20+,21+,22-,23+,24+,25+,26+,27+,28-/m1/s1. The van der Waals surface area contributed by atoms with Crippen molar-refractivity contribution in [2.45, 2.75) is 111 Å². The van der Waals surface area contributed by atoms with Crippen molar-refractivity contribution in [3.05, 3.63) is 11.6 Å². The molecule has 0 unspecified atom stereocenters. The van der Waals surface area contributed by atoms with Gasteiger partial charge >= 0.3 is 0 Å². The van der Waals surface area contributed by atoms with Gasteiger partial charge < -0.3 is 15.3 Å². The first-order chi connectivity index (χ1) is 14.5. The Hall–Kier alpha value is -0.380. The minimum atomic E-state index is -0.637. The Morgan fingerprint density at radius 1 is 0.903 bits per heavy atom. The van der Waals surface area contributed by atoms with Gasteiger partial charge in [-0.15, -0.1) is 0 Å². The molecule has 4 aliphatic carbocycles. The number of aliphatic hydroxyl groups excluding tert-OH is 3. The van der Waals surface area contributed by atoms with E-state index in [2.05, 4.69) is 47.6 Å². The molecule has 4 aliphatic rings. The minimum Gasteiger partial charge on any atom is -0.393 e. The van der Waals surface area contributed by atoms with Gasteiger partial charge in [0.15, 0.2) is 0 Å². The summed E-state index contributed by atoms with van der Waals surface area (Å²) in [4.78, 5) is 0. The number of aliphatic hydroxyl groups is 3. The maximum Gasteiger partial charge on any atom is 0.0830 e. The van der Waals surface area contributed by atoms with Crippen LogP contribution in [0.4, 0.5) is 0 Å². The first-order valence-electron chi connectivity index (χ1n) is 13.2. The molecule has 11 atom stereocenters. The third-order valence-electron chi connectivity index (χ3n) is 11.3. The monoisotopic (exact) mass is 432 g/mol. The second-order valence-electron chi connectivity index (χ2n) is 12.8. The number of hydrogen-bond acceptors (Lipinski definition) is 3. The lowest BCUT2D eigenvalue weighted by atomic mass is 9.47. The second kappa shape index (κ2) is 8.44. The molecule has 0 amide bonds. The first kappa shape index (κ1) is 23.8. The molecule has 3 heteroatoms. The maximum atomic E-state index is 11.1. The van der Waals surface area contributed by atoms with Crippen LogP contribution in [-0.4, -0.2) is 33.6 Å². The van der Waals surface area contributed by atoms with Gasteiger partial charge in [-0.1, -0.05) is 53.2 Å². The van der Waals surface area contributed by atoms with E-state index in [1.54, 1.807) is 5.57 Å². The van der Waals surface area contributed by atoms with Gasteiger partial charge in [-0.25, -0.2) is 0 Å². The summed E-state index contributed by atoms with van der Waals surface area (Å²) < 4.78 is 0. The van der Waals surface area contributed by atoms with Gasteiger partial charge in [0, 0.05) is 0 Å². The van der Waals surface area contributed by atoms with E-state index in [-0.39, 0.29) is 28.8 Å². The Labute approximate surface area is 190 Å². The lowest BCUT2D eigenvalue weighted by Crippen LogP contribution is -2.52. The summed E-state index contributed by atoms with van der Waals surface area (Å²) in [6.45, 7) is 13.5. The molecule has 178 valence electrons. The van der Waals surface area contributed by atoms with Gasteiger partial charge in [0.1, 0.15) is 0 Å². The van der Waals surface area contributed by atoms with Crippen LogP contribution >= 0.6 is 0 Å². The Bertz CT molecular complexity index is 686. The van der Waals surface area contributed by atoms with Crippen LogP contribution < -0.4 is 0 Å². The van der Waals surface area contributed by atoms with Crippen LogP contribution in [0.1, 0.15) is 92.9 Å². The summed E-state index contributed by atoms with van der Waals surface area (Å²) in [5.41, 5.74) is 2.11. The molecule has 0 bridgehead atoms. The highest BCUT2D eigenvalue weighted by atomic mass is 16.3. The molecule has 3 fully saturated rings. The SMILES string of the molecule is CC(C)[C@@H](C)[C@H](O)[C@@H](O)[C@@H](C)[C@H]1CC[C@H]2[C@@H]3CC=C4C[C@@H](O)CC[C@]4(C)[C@H]3CC[C@]12C. The lowest BCUT2D eigenvalue weighted by Gasteiger charge is -2.58. The summed E-state index contributed by atoms with van der Waals surface area (Å²) >= 11 is 0. The zero-order chi connectivity index (χ0) is 22.7. The van der Waals surface area contributed by atoms with Crippen molar-refractivity contribution in [1.82, 2.24) is 0 Å². The Morgan fingerprint density at radius 3 is 2.29 bits per heavy atom. The highest BCUT2D eigenvalue weighted by Crippen LogP contribution is 2.67. The molecule has 0 heterocycles. The van der Waals surface area contributed by atoms with Crippen molar-refractivity contribution in [3.63, 3.8) is 0 Å². The molecule has 3 N–H and O–H groups in total. The van der Waals surface area contributed by atoms with Crippen LogP contribution in [0, 0.1) is 52.3 Å². The molecule has 3 nitrogen and oxygen atoms in total. The van der Waals surface area contributed by atoms with Gasteiger partial charge in [0.2, 0.25) is 0 Å². The normalized spacial score (nSPS) is 46.4. The Morgan fingerprint density at radius 2 is 1.61 bits per heavy atom. The van der Waals surface area contributed by atoms with Crippen molar-refractivity contribution >= 4 is 0 Å². The fraction of sp³-hybridized carbons (Fsp3) is 0.929. The first-order valence-corrected chi connectivity index (χ1v) is 13.2. The zero-order valence-corrected chi connectivity index (χ0v) is 20.8. The van der Waals surface area contributed by atoms with E-state index in [4.69, 9.17) is 0 Å². The summed E-state index contributed by atoms with van der Waals surface area (Å²) in [6.07, 6.45) is 10.3. The zero-order valence-electron chi connectivity index (χ0n) is 20.8. The molecule has 0 aromatic carbocycles. The van der Waals surface area contributed by atoms with Crippen molar-refractivity contribution in [2.24, 2.45) is 52.3 Å². The van der Waals surface area contributed by atoms with Gasteiger partial charge in [-0.05, 0) is 104 Å². The number of rotatable bonds is 5. The molecule has 0 aliphatic heterocycles. The third-order valence-corrected chi connectivity index (χ3v) is 11.3. The van der Waals surface area contributed by atoms with Crippen molar-refractivity contribution in [2.75, 3.05) is 0 Å². The molecule has 0 radical (unpaired) electrons. The molecule has 0 aromatic rings. The van der Waals surface area contributed by atoms with Crippen LogP contribution in [0.3, 0.4) is 0 Å². The minimum absolute atomic E-state index is 0.113. The summed E-state index contributed by atoms with van der Waals surface area (Å²) in [7, 11) is 0. The predicted octanol–water partition coefficient (Wildman–Crippen LogP) is 5.58. The quantitative estimate of drug-likeness (QED) is 0.497. The maximum absolute atomic E-state index is 11.1. The van der Waals surface area contributed by atoms with Crippen LogP contribution in [0.2, 0.25) is 0 Å². The Balaban J connectivity index is 1.53. The fourth-order valence-corrected chi connectivity index (χ4v) is 8.80. The van der Waals surface area contributed by atoms with Crippen LogP contribution in [0.25, 0.3) is 0 Å². The molecule has 31 heavy (non-hydrogen) atoms. The van der Waals surface area contributed by atoms with Gasteiger partial charge in [0.25, 0.3) is 0 Å². The van der Waals surface area contributed by atoms with E-state index in [0.29, 0.717) is 11.8 Å². The largest absolute Gasteiger partial charge is 0.393 e. The molecular weight excluding hydrogens is 384 g/mol. The second-order valence-corrected chi connectivity index (χ2v) is 12.8. The van der Waals surface area contributed by atoms with E-state index in [0.717, 1.165) is 37.0 Å². The van der Waals surface area contributed by atoms with Crippen LogP contribution in [0.15, 0.2) is 11.6 Å². The average molecular weight is 433 g/mol. The summed E-state index contributed by atoms with van der Waals surface area (Å²) in [5.74, 6) is 3.35. The number of fused-ring (bicyclic) bond motifs is 5. The van der Waals surface area contributed by atoms with Gasteiger partial charge in [0.05, 0.1) is 18.3 Å². The smallest absolute Gasteiger partial charge is 0.0830 e. The highest BCUT2D eigenvalue weighted by molar-refractivity contribution is 5.25. The van der Waals surface area contributed by atoms with E-state index in [1.807, 2.05) is 0 Å². The summed E-state index contributed by atoms with van der Waals surface area (Å²) in [6, 6.07) is 0. The number of allylic oxidation sites excluding steroid dienone is 1. The molecule has 4 rings (SSSR count). The van der Waals surface area contributed by atoms with Gasteiger partial charge in [-0.3, -0.25) is 0 Å². The molecular formula is C28H48O3. The van der Waals surface area contributed by atoms with Crippen LogP contribution in [-0.2, 0) is 0 Å². The third kappa shape index (κ3) is 3.75. The molecule has 0 saturated heterocycles. The summed E-state index contributed by atoms with van der Waals surface area (Å²) in [5, 5.41) is 32.2. The van der Waals surface area contributed by atoms with Crippen molar-refractivity contribution in [3.8, 4) is 0 Å². The van der Waals surface area contributed by atoms with Crippen molar-refractivity contribution in [1.29, 1.82) is 0 Å². The Kier molecular flexibility index (Phi) is 6.47. The van der Waals surface area contributed by atoms with E-state index < -0.39 is 12.2 Å². The van der Waals surface area contributed by atoms with Gasteiger partial charge in [-0.2, -0.15) is 0 Å². The average Bonchev–Trinajstić information content (AvgIpc) is 3.09. The fourth-order valence-electron chi connectivity index (χ4n) is 8.80. The van der Waals surface area contributed by atoms with E-state index >= 15 is 0 Å². The molecule has 0 aromatic heterocycles. The predicted molar refractivity (Wildman–Crippen MR) is 126 cm³/mol. The number of hydrogen-bond donors (Lipinski definition) is 3. The van der Waals surface area contributed by atoms with E-state index in [1.165, 1.54) is 32.1 Å². The van der Waals surface area contributed by atoms with E-state index in [9.17, 15) is 15.3 Å². The van der Waals surface area contributed by atoms with Crippen molar-refractivity contribution < 1.29 is 15.3 Å². The topological polar surface area (TPSA) is 60.7 Å². The molecule has 3 saturated carbocycles.